The van der Waals surface area contributed by atoms with E-state index in [4.69, 9.17) is 10.5 Å². The first-order valence-electron chi connectivity index (χ1n) is 13.5. The van der Waals surface area contributed by atoms with Gasteiger partial charge < -0.3 is 20.7 Å². The molecule has 13 heteroatoms. The van der Waals surface area contributed by atoms with Gasteiger partial charge in [0.15, 0.2) is 0 Å². The lowest BCUT2D eigenvalue weighted by Crippen LogP contribution is -2.47. The SMILES string of the molecule is CC(C)C(N)C(=O)Nc1ccc2c(c1)CC[C@@]21OC(=O)N(CCC(=O)N(Cc2ccc(F)cc2)C(C)C(F)(F)F)C1=O. The molecule has 226 valence electrons. The smallest absolute Gasteiger partial charge is 0.418 e. The van der Waals surface area contributed by atoms with Crippen molar-refractivity contribution in [1.82, 2.24) is 9.80 Å². The fourth-order valence-corrected chi connectivity index (χ4v) is 5.07. The number of imide groups is 1. The molecule has 1 spiro atoms. The normalized spacial score (nSPS) is 19.6. The van der Waals surface area contributed by atoms with E-state index in [0.717, 1.165) is 24.0 Å². The van der Waals surface area contributed by atoms with Crippen molar-refractivity contribution in [2.45, 2.75) is 70.4 Å². The van der Waals surface area contributed by atoms with E-state index >= 15 is 0 Å². The molecule has 1 saturated heterocycles. The number of nitrogens with zero attached hydrogens (tertiary/aromatic N) is 2. The van der Waals surface area contributed by atoms with E-state index in [1.165, 1.54) is 12.1 Å². The number of ether oxygens (including phenoxy) is 1. The Hall–Kier alpha value is -4.00. The topological polar surface area (TPSA) is 122 Å². The zero-order valence-corrected chi connectivity index (χ0v) is 23.3. The van der Waals surface area contributed by atoms with Gasteiger partial charge in [0.25, 0.3) is 5.91 Å². The van der Waals surface area contributed by atoms with E-state index in [1.807, 2.05) is 13.8 Å². The average Bonchev–Trinajstić information content (AvgIpc) is 3.40. The molecule has 9 nitrogen and oxygen atoms in total. The maximum absolute atomic E-state index is 13.6. The Kier molecular flexibility index (Phi) is 8.63. The number of anilines is 1. The molecule has 3 N–H and O–H groups in total. The third-order valence-electron chi connectivity index (χ3n) is 7.72. The molecule has 0 saturated carbocycles. The summed E-state index contributed by atoms with van der Waals surface area (Å²) in [6.07, 6.45) is -5.84. The summed E-state index contributed by atoms with van der Waals surface area (Å²) >= 11 is 0. The molecular formula is C29H32F4N4O5. The van der Waals surface area contributed by atoms with Crippen LogP contribution in [0.15, 0.2) is 42.5 Å². The summed E-state index contributed by atoms with van der Waals surface area (Å²) in [7, 11) is 0. The molecule has 0 radical (unpaired) electrons. The van der Waals surface area contributed by atoms with Crippen molar-refractivity contribution < 1.29 is 41.5 Å². The molecule has 3 atom stereocenters. The molecule has 1 heterocycles. The summed E-state index contributed by atoms with van der Waals surface area (Å²) in [4.78, 5) is 52.9. The second-order valence-electron chi connectivity index (χ2n) is 10.9. The number of carbonyl (C=O) groups is 4. The maximum atomic E-state index is 13.6. The lowest BCUT2D eigenvalue weighted by molar-refractivity contribution is -0.187. The van der Waals surface area contributed by atoms with Gasteiger partial charge in [-0.15, -0.1) is 0 Å². The van der Waals surface area contributed by atoms with Crippen LogP contribution in [0, 0.1) is 11.7 Å². The Morgan fingerprint density at radius 2 is 1.79 bits per heavy atom. The molecule has 4 rings (SSSR count). The van der Waals surface area contributed by atoms with Crippen LogP contribution >= 0.6 is 0 Å². The van der Waals surface area contributed by atoms with Gasteiger partial charge >= 0.3 is 12.3 Å². The third kappa shape index (κ3) is 6.10. The first-order chi connectivity index (χ1) is 19.6. The Balaban J connectivity index is 1.47. The molecule has 1 aliphatic carbocycles. The minimum atomic E-state index is -4.74. The highest BCUT2D eigenvalue weighted by atomic mass is 19.4. The summed E-state index contributed by atoms with van der Waals surface area (Å²) in [5, 5.41) is 2.74. The van der Waals surface area contributed by atoms with Crippen LogP contribution in [0.4, 0.5) is 28.0 Å². The highest BCUT2D eigenvalue weighted by molar-refractivity contribution is 6.04. The summed E-state index contributed by atoms with van der Waals surface area (Å²) in [6, 6.07) is 6.63. The molecule has 4 amide bonds. The van der Waals surface area contributed by atoms with Crippen molar-refractivity contribution in [3.8, 4) is 0 Å². The molecule has 1 aliphatic heterocycles. The average molecular weight is 593 g/mol. The van der Waals surface area contributed by atoms with Gasteiger partial charge in [-0.1, -0.05) is 32.0 Å². The predicted octanol–water partition coefficient (Wildman–Crippen LogP) is 4.24. The van der Waals surface area contributed by atoms with Crippen molar-refractivity contribution >= 4 is 29.5 Å². The van der Waals surface area contributed by atoms with Crippen LogP contribution < -0.4 is 11.1 Å². The number of benzene rings is 2. The van der Waals surface area contributed by atoms with Crippen molar-refractivity contribution in [3.05, 3.63) is 65.0 Å². The number of hydrogen-bond acceptors (Lipinski definition) is 6. The molecule has 2 aromatic carbocycles. The monoisotopic (exact) mass is 592 g/mol. The van der Waals surface area contributed by atoms with Gasteiger partial charge in [0.1, 0.15) is 11.9 Å². The van der Waals surface area contributed by atoms with Crippen molar-refractivity contribution in [3.63, 3.8) is 0 Å². The Labute approximate surface area is 240 Å². The first-order valence-corrected chi connectivity index (χ1v) is 13.5. The van der Waals surface area contributed by atoms with E-state index in [2.05, 4.69) is 5.32 Å². The van der Waals surface area contributed by atoms with Crippen LogP contribution in [0.1, 0.15) is 50.3 Å². The van der Waals surface area contributed by atoms with Crippen molar-refractivity contribution in [2.75, 3.05) is 11.9 Å². The summed E-state index contributed by atoms with van der Waals surface area (Å²) < 4.78 is 59.6. The van der Waals surface area contributed by atoms with Crippen molar-refractivity contribution in [1.29, 1.82) is 0 Å². The van der Waals surface area contributed by atoms with E-state index in [9.17, 15) is 36.7 Å². The van der Waals surface area contributed by atoms with Gasteiger partial charge in [-0.05, 0) is 54.7 Å². The van der Waals surface area contributed by atoms with Crippen LogP contribution in [0.2, 0.25) is 0 Å². The zero-order chi connectivity index (χ0) is 31.0. The first kappa shape index (κ1) is 30.9. The minimum Gasteiger partial charge on any atom is -0.427 e. The van der Waals surface area contributed by atoms with E-state index in [1.54, 1.807) is 18.2 Å². The second-order valence-corrected chi connectivity index (χ2v) is 10.9. The van der Waals surface area contributed by atoms with E-state index in [-0.39, 0.29) is 23.8 Å². The van der Waals surface area contributed by atoms with Gasteiger partial charge in [-0.25, -0.2) is 14.1 Å². The molecule has 0 bridgehead atoms. The number of alkyl halides is 3. The van der Waals surface area contributed by atoms with Crippen LogP contribution in [0.25, 0.3) is 0 Å². The number of halogens is 4. The fourth-order valence-electron chi connectivity index (χ4n) is 5.07. The van der Waals surface area contributed by atoms with E-state index < -0.39 is 67.1 Å². The van der Waals surface area contributed by atoms with Gasteiger partial charge in [-0.2, -0.15) is 13.2 Å². The standard InChI is InChI=1S/C29H32F4N4O5/c1-16(2)24(34)25(39)35-21-8-9-22-19(14-21)10-12-28(22)26(40)36(27(41)42-28)13-11-23(38)37(17(3)29(31,32)33)15-18-4-6-20(30)7-5-18/h4-9,14,16-17,24H,10-13,15,34H2,1-3H3,(H,35,39)/t17?,24?,28-/m1/s1. The number of rotatable bonds is 9. The molecule has 2 aliphatic rings. The van der Waals surface area contributed by atoms with Crippen LogP contribution in [0.5, 0.6) is 0 Å². The molecule has 2 unspecified atom stereocenters. The molecular weight excluding hydrogens is 560 g/mol. The third-order valence-corrected chi connectivity index (χ3v) is 7.72. The van der Waals surface area contributed by atoms with Gasteiger partial charge in [-0.3, -0.25) is 14.4 Å². The minimum absolute atomic E-state index is 0.0808. The largest absolute Gasteiger partial charge is 0.427 e. The number of fused-ring (bicyclic) bond motifs is 2. The summed E-state index contributed by atoms with van der Waals surface area (Å²) in [6.45, 7) is 3.52. The van der Waals surface area contributed by atoms with Crippen LogP contribution in [0.3, 0.4) is 0 Å². The number of amides is 4. The Morgan fingerprint density at radius 3 is 2.40 bits per heavy atom. The van der Waals surface area contributed by atoms with Crippen molar-refractivity contribution in [2.24, 2.45) is 11.7 Å². The molecule has 42 heavy (non-hydrogen) atoms. The van der Waals surface area contributed by atoms with Gasteiger partial charge in [0.2, 0.25) is 17.4 Å². The molecule has 1 fully saturated rings. The molecule has 0 aromatic heterocycles. The molecule has 2 aromatic rings. The number of hydrogen-bond donors (Lipinski definition) is 2. The quantitative estimate of drug-likeness (QED) is 0.420. The number of nitrogens with one attached hydrogen (secondary N) is 1. The van der Waals surface area contributed by atoms with Gasteiger partial charge in [0.05, 0.1) is 6.04 Å². The summed E-state index contributed by atoms with van der Waals surface area (Å²) in [5.74, 6) is -2.69. The predicted molar refractivity (Wildman–Crippen MR) is 143 cm³/mol. The number of aryl methyl sites for hydroxylation is 1. The summed E-state index contributed by atoms with van der Waals surface area (Å²) in [5.41, 5.74) is 6.12. The van der Waals surface area contributed by atoms with Crippen LogP contribution in [-0.2, 0) is 37.7 Å². The van der Waals surface area contributed by atoms with E-state index in [0.29, 0.717) is 28.1 Å². The maximum Gasteiger partial charge on any atom is 0.418 e. The highest BCUT2D eigenvalue weighted by Crippen LogP contribution is 2.46. The lowest BCUT2D eigenvalue weighted by atomic mass is 9.94. The Bertz CT molecular complexity index is 1380. The number of nitrogens with two attached hydrogens (primary N) is 1. The fraction of sp³-hybridized carbons (Fsp3) is 0.448. The zero-order valence-electron chi connectivity index (χ0n) is 23.3. The van der Waals surface area contributed by atoms with Gasteiger partial charge in [0, 0.05) is 37.2 Å². The number of carbonyl (C=O) groups excluding carboxylic acids is 4. The van der Waals surface area contributed by atoms with Crippen LogP contribution in [-0.4, -0.2) is 58.4 Å². The lowest BCUT2D eigenvalue weighted by Gasteiger charge is -2.31. The highest BCUT2D eigenvalue weighted by Gasteiger charge is 2.58. The second kappa shape index (κ2) is 11.7. The Morgan fingerprint density at radius 1 is 1.12 bits per heavy atom.